The van der Waals surface area contributed by atoms with E-state index in [9.17, 15) is 9.18 Å². The summed E-state index contributed by atoms with van der Waals surface area (Å²) < 4.78 is 24.2. The molecule has 0 spiro atoms. The molecule has 0 aliphatic carbocycles. The monoisotopic (exact) mass is 400 g/mol. The molecular weight excluding hydrogens is 371 g/mol. The molecule has 6 heteroatoms. The summed E-state index contributed by atoms with van der Waals surface area (Å²) in [6.45, 7) is 8.25. The van der Waals surface area contributed by atoms with Crippen LogP contribution >= 0.6 is 0 Å². The first kappa shape index (κ1) is 21.1. The second-order valence-electron chi connectivity index (χ2n) is 7.74. The van der Waals surface area contributed by atoms with Gasteiger partial charge in [0.2, 0.25) is 0 Å². The van der Waals surface area contributed by atoms with Gasteiger partial charge in [-0.1, -0.05) is 18.2 Å². The van der Waals surface area contributed by atoms with Gasteiger partial charge in [0, 0.05) is 31.7 Å². The summed E-state index contributed by atoms with van der Waals surface area (Å²) in [6, 6.07) is 12.5. The van der Waals surface area contributed by atoms with E-state index in [0.717, 1.165) is 24.2 Å². The number of rotatable bonds is 6. The van der Waals surface area contributed by atoms with Crippen molar-refractivity contribution in [2.75, 3.05) is 26.8 Å². The minimum Gasteiger partial charge on any atom is -0.493 e. The van der Waals surface area contributed by atoms with Crippen molar-refractivity contribution in [1.82, 2.24) is 9.80 Å². The van der Waals surface area contributed by atoms with Crippen molar-refractivity contribution >= 4 is 5.91 Å². The Bertz CT molecular complexity index is 841. The van der Waals surface area contributed by atoms with Gasteiger partial charge < -0.3 is 14.4 Å². The Labute approximate surface area is 172 Å². The number of hydrogen-bond acceptors (Lipinski definition) is 4. The van der Waals surface area contributed by atoms with Gasteiger partial charge in [-0.05, 0) is 56.2 Å². The van der Waals surface area contributed by atoms with Gasteiger partial charge in [-0.3, -0.25) is 9.69 Å². The molecular formula is C23H29FN2O3. The Balaban J connectivity index is 1.58. The van der Waals surface area contributed by atoms with Gasteiger partial charge in [-0.2, -0.15) is 0 Å². The Morgan fingerprint density at radius 1 is 1.07 bits per heavy atom. The molecule has 2 atom stereocenters. The lowest BCUT2D eigenvalue weighted by Crippen LogP contribution is -2.58. The molecule has 2 aromatic carbocycles. The smallest absolute Gasteiger partial charge is 0.260 e. The number of aryl methyl sites for hydroxylation is 1. The number of ether oxygens (including phenoxy) is 2. The lowest BCUT2D eigenvalue weighted by Gasteiger charge is -2.44. The molecule has 29 heavy (non-hydrogen) atoms. The quantitative estimate of drug-likeness (QED) is 0.742. The molecule has 1 heterocycles. The van der Waals surface area contributed by atoms with E-state index in [2.05, 4.69) is 18.7 Å². The van der Waals surface area contributed by atoms with Crippen molar-refractivity contribution in [2.24, 2.45) is 0 Å². The van der Waals surface area contributed by atoms with Crippen LogP contribution in [0, 0.1) is 12.7 Å². The minimum absolute atomic E-state index is 0.0190. The van der Waals surface area contributed by atoms with E-state index in [0.29, 0.717) is 18.0 Å². The zero-order chi connectivity index (χ0) is 21.0. The summed E-state index contributed by atoms with van der Waals surface area (Å²) in [4.78, 5) is 17.0. The Morgan fingerprint density at radius 2 is 1.79 bits per heavy atom. The highest BCUT2D eigenvalue weighted by Crippen LogP contribution is 2.28. The third-order valence-electron chi connectivity index (χ3n) is 5.40. The maximum absolute atomic E-state index is 13.1. The van der Waals surface area contributed by atoms with Crippen molar-refractivity contribution in [2.45, 2.75) is 39.4 Å². The number of amides is 1. The molecule has 0 unspecified atom stereocenters. The number of carbonyl (C=O) groups excluding carboxylic acids is 1. The number of piperazine rings is 1. The van der Waals surface area contributed by atoms with Gasteiger partial charge in [0.15, 0.2) is 18.1 Å². The van der Waals surface area contributed by atoms with E-state index in [1.807, 2.05) is 42.2 Å². The molecule has 1 amide bonds. The first-order valence-electron chi connectivity index (χ1n) is 9.92. The largest absolute Gasteiger partial charge is 0.493 e. The van der Waals surface area contributed by atoms with Gasteiger partial charge in [0.1, 0.15) is 5.82 Å². The number of carbonyl (C=O) groups is 1. The molecule has 156 valence electrons. The average Bonchev–Trinajstić information content (AvgIpc) is 2.70. The van der Waals surface area contributed by atoms with E-state index in [1.165, 1.54) is 12.1 Å². The van der Waals surface area contributed by atoms with E-state index >= 15 is 0 Å². The van der Waals surface area contributed by atoms with Crippen molar-refractivity contribution in [3.63, 3.8) is 0 Å². The maximum Gasteiger partial charge on any atom is 0.260 e. The van der Waals surface area contributed by atoms with Crippen LogP contribution in [0.4, 0.5) is 4.39 Å². The summed E-state index contributed by atoms with van der Waals surface area (Å²) in [6.07, 6.45) is 0. The lowest BCUT2D eigenvalue weighted by molar-refractivity contribution is -0.139. The predicted molar refractivity (Wildman–Crippen MR) is 111 cm³/mol. The normalized spacial score (nSPS) is 19.8. The Morgan fingerprint density at radius 3 is 2.48 bits per heavy atom. The van der Waals surface area contributed by atoms with Crippen LogP contribution in [0.5, 0.6) is 11.5 Å². The molecule has 0 saturated carbocycles. The fourth-order valence-electron chi connectivity index (χ4n) is 3.71. The zero-order valence-electron chi connectivity index (χ0n) is 17.5. The summed E-state index contributed by atoms with van der Waals surface area (Å²) in [7, 11) is 1.59. The second kappa shape index (κ2) is 9.27. The summed E-state index contributed by atoms with van der Waals surface area (Å²) in [5.41, 5.74) is 2.12. The predicted octanol–water partition coefficient (Wildman–Crippen LogP) is 3.64. The van der Waals surface area contributed by atoms with Crippen LogP contribution in [-0.4, -0.2) is 54.6 Å². The molecule has 3 rings (SSSR count). The molecule has 1 fully saturated rings. The second-order valence-corrected chi connectivity index (χ2v) is 7.74. The molecule has 5 nitrogen and oxygen atoms in total. The Hall–Kier alpha value is -2.60. The molecule has 0 radical (unpaired) electrons. The van der Waals surface area contributed by atoms with E-state index < -0.39 is 0 Å². The average molecular weight is 400 g/mol. The zero-order valence-corrected chi connectivity index (χ0v) is 17.5. The fraction of sp³-hybridized carbons (Fsp3) is 0.435. The highest BCUT2D eigenvalue weighted by molar-refractivity contribution is 5.78. The van der Waals surface area contributed by atoms with Crippen LogP contribution in [0.25, 0.3) is 0 Å². The third-order valence-corrected chi connectivity index (χ3v) is 5.40. The van der Waals surface area contributed by atoms with Crippen LogP contribution < -0.4 is 9.47 Å². The van der Waals surface area contributed by atoms with E-state index in [-0.39, 0.29) is 30.4 Å². The first-order valence-corrected chi connectivity index (χ1v) is 9.92. The topological polar surface area (TPSA) is 42.0 Å². The van der Waals surface area contributed by atoms with Crippen LogP contribution in [0.15, 0.2) is 42.5 Å². The molecule has 2 aromatic rings. The fourth-order valence-corrected chi connectivity index (χ4v) is 3.71. The van der Waals surface area contributed by atoms with Crippen molar-refractivity contribution in [1.29, 1.82) is 0 Å². The minimum atomic E-state index is -0.226. The number of hydrogen-bond donors (Lipinski definition) is 0. The molecule has 0 aromatic heterocycles. The van der Waals surface area contributed by atoms with Crippen LogP contribution in [0.1, 0.15) is 25.0 Å². The number of methoxy groups -OCH3 is 1. The highest BCUT2D eigenvalue weighted by atomic mass is 19.1. The highest BCUT2D eigenvalue weighted by Gasteiger charge is 2.32. The molecule has 1 aliphatic heterocycles. The van der Waals surface area contributed by atoms with Crippen LogP contribution in [0.3, 0.4) is 0 Å². The third kappa shape index (κ3) is 5.26. The van der Waals surface area contributed by atoms with Gasteiger partial charge in [0.25, 0.3) is 5.91 Å². The van der Waals surface area contributed by atoms with Crippen LogP contribution in [0.2, 0.25) is 0 Å². The standard InChI is InChI=1S/C23H29FN2O3/c1-16-5-10-21(28-4)22(11-16)29-15-23(27)26-13-17(2)25(12-18(26)3)14-19-6-8-20(24)9-7-19/h5-11,17-18H,12-15H2,1-4H3/t17-,18+/m1/s1. The van der Waals surface area contributed by atoms with E-state index in [1.54, 1.807) is 7.11 Å². The van der Waals surface area contributed by atoms with Gasteiger partial charge >= 0.3 is 0 Å². The molecule has 1 aliphatic rings. The molecule has 0 bridgehead atoms. The van der Waals surface area contributed by atoms with Crippen molar-refractivity contribution in [3.8, 4) is 11.5 Å². The Kier molecular flexibility index (Phi) is 6.75. The van der Waals surface area contributed by atoms with Crippen molar-refractivity contribution < 1.29 is 18.7 Å². The molecule has 1 saturated heterocycles. The van der Waals surface area contributed by atoms with Crippen molar-refractivity contribution in [3.05, 3.63) is 59.4 Å². The SMILES string of the molecule is COc1ccc(C)cc1OCC(=O)N1C[C@@H](C)N(Cc2ccc(F)cc2)C[C@@H]1C. The summed E-state index contributed by atoms with van der Waals surface area (Å²) >= 11 is 0. The van der Waals surface area contributed by atoms with Gasteiger partial charge in [-0.25, -0.2) is 4.39 Å². The van der Waals surface area contributed by atoms with E-state index in [4.69, 9.17) is 9.47 Å². The number of nitrogens with zero attached hydrogens (tertiary/aromatic N) is 2. The van der Waals surface area contributed by atoms with Gasteiger partial charge in [-0.15, -0.1) is 0 Å². The first-order chi connectivity index (χ1) is 13.9. The lowest BCUT2D eigenvalue weighted by atomic mass is 10.1. The summed E-state index contributed by atoms with van der Waals surface area (Å²) in [5.74, 6) is 0.940. The van der Waals surface area contributed by atoms with Crippen LogP contribution in [-0.2, 0) is 11.3 Å². The maximum atomic E-state index is 13.1. The number of benzene rings is 2. The number of halogens is 1. The summed E-state index contributed by atoms with van der Waals surface area (Å²) in [5, 5.41) is 0. The molecule has 0 N–H and O–H groups in total. The van der Waals surface area contributed by atoms with Gasteiger partial charge in [0.05, 0.1) is 7.11 Å².